The number of aliphatic carboxylic acids is 1. The number of carboxylic acid groups (broad SMARTS) is 1. The fourth-order valence-electron chi connectivity index (χ4n) is 2.11. The minimum absolute atomic E-state index is 0.0103. The van der Waals surface area contributed by atoms with Crippen molar-refractivity contribution < 1.29 is 9.90 Å². The van der Waals surface area contributed by atoms with Gasteiger partial charge in [-0.25, -0.2) is 0 Å². The fraction of sp³-hybridized carbons (Fsp3) is 0.375. The Kier molecular flexibility index (Phi) is 3.66. The Hall–Kier alpha value is -2.10. The Balaban J connectivity index is 2.30. The summed E-state index contributed by atoms with van der Waals surface area (Å²) in [6.45, 7) is 6.52. The van der Waals surface area contributed by atoms with Gasteiger partial charge in [-0.2, -0.15) is 5.10 Å². The van der Waals surface area contributed by atoms with Crippen molar-refractivity contribution in [3.05, 3.63) is 41.6 Å². The normalized spacial score (nSPS) is 11.6. The summed E-state index contributed by atoms with van der Waals surface area (Å²) in [5.41, 5.74) is 3.90. The zero-order valence-corrected chi connectivity index (χ0v) is 12.3. The van der Waals surface area contributed by atoms with Crippen molar-refractivity contribution >= 4 is 5.97 Å². The molecule has 1 N–H and O–H groups in total. The van der Waals surface area contributed by atoms with Crippen molar-refractivity contribution in [2.75, 3.05) is 0 Å². The Bertz CT molecular complexity index is 619. The van der Waals surface area contributed by atoms with Gasteiger partial charge in [0.2, 0.25) is 0 Å². The molecule has 106 valence electrons. The van der Waals surface area contributed by atoms with E-state index in [9.17, 15) is 4.79 Å². The fourth-order valence-corrected chi connectivity index (χ4v) is 2.11. The van der Waals surface area contributed by atoms with Crippen LogP contribution in [0.15, 0.2) is 30.3 Å². The van der Waals surface area contributed by atoms with Gasteiger partial charge in [0.25, 0.3) is 0 Å². The van der Waals surface area contributed by atoms with Crippen LogP contribution >= 0.6 is 0 Å². The summed E-state index contributed by atoms with van der Waals surface area (Å²) in [4.78, 5) is 10.8. The minimum atomic E-state index is -0.845. The second-order valence-corrected chi connectivity index (χ2v) is 6.04. The summed E-state index contributed by atoms with van der Waals surface area (Å²) in [5.74, 6) is -0.845. The molecule has 0 atom stereocenters. The van der Waals surface area contributed by atoms with Crippen LogP contribution in [0.3, 0.4) is 0 Å². The van der Waals surface area contributed by atoms with Crippen molar-refractivity contribution in [3.8, 4) is 11.3 Å². The molecule has 0 aliphatic rings. The lowest BCUT2D eigenvalue weighted by Crippen LogP contribution is -2.10. The van der Waals surface area contributed by atoms with E-state index in [1.54, 1.807) is 11.7 Å². The summed E-state index contributed by atoms with van der Waals surface area (Å²) < 4.78 is 1.63. The first-order chi connectivity index (χ1) is 9.27. The van der Waals surface area contributed by atoms with Gasteiger partial charge in [-0.15, -0.1) is 0 Å². The third-order valence-corrected chi connectivity index (χ3v) is 3.36. The first-order valence-corrected chi connectivity index (χ1v) is 6.63. The van der Waals surface area contributed by atoms with E-state index in [1.165, 1.54) is 5.56 Å². The van der Waals surface area contributed by atoms with Crippen LogP contribution in [-0.4, -0.2) is 20.9 Å². The van der Waals surface area contributed by atoms with Gasteiger partial charge in [0.1, 0.15) is 0 Å². The molecule has 0 spiro atoms. The average molecular weight is 272 g/mol. The van der Waals surface area contributed by atoms with Crippen LogP contribution in [0.2, 0.25) is 0 Å². The Morgan fingerprint density at radius 1 is 1.25 bits per heavy atom. The number of hydrogen-bond donors (Lipinski definition) is 1. The zero-order chi connectivity index (χ0) is 14.9. The molecule has 0 amide bonds. The molecule has 2 aromatic rings. The maximum absolute atomic E-state index is 10.8. The van der Waals surface area contributed by atoms with Crippen molar-refractivity contribution in [2.24, 2.45) is 7.05 Å². The van der Waals surface area contributed by atoms with E-state index >= 15 is 0 Å². The molecule has 0 bridgehead atoms. The van der Waals surface area contributed by atoms with E-state index in [2.05, 4.69) is 38.0 Å². The maximum Gasteiger partial charge on any atom is 0.309 e. The highest BCUT2D eigenvalue weighted by Gasteiger charge is 2.14. The largest absolute Gasteiger partial charge is 0.481 e. The molecule has 0 unspecified atom stereocenters. The molecule has 4 heteroatoms. The van der Waals surface area contributed by atoms with E-state index in [0.29, 0.717) is 5.69 Å². The third kappa shape index (κ3) is 3.07. The molecule has 2 rings (SSSR count). The third-order valence-electron chi connectivity index (χ3n) is 3.36. The van der Waals surface area contributed by atoms with Gasteiger partial charge in [0, 0.05) is 18.3 Å². The molecule has 20 heavy (non-hydrogen) atoms. The van der Waals surface area contributed by atoms with Crippen molar-refractivity contribution in [3.63, 3.8) is 0 Å². The Morgan fingerprint density at radius 3 is 2.35 bits per heavy atom. The summed E-state index contributed by atoms with van der Waals surface area (Å²) in [5, 5.41) is 13.2. The molecular formula is C16H20N2O2. The van der Waals surface area contributed by atoms with Crippen molar-refractivity contribution in [1.29, 1.82) is 0 Å². The number of hydrogen-bond acceptors (Lipinski definition) is 2. The van der Waals surface area contributed by atoms with E-state index < -0.39 is 5.97 Å². The van der Waals surface area contributed by atoms with Crippen molar-refractivity contribution in [2.45, 2.75) is 32.6 Å². The number of nitrogens with zero attached hydrogens (tertiary/aromatic N) is 2. The highest BCUT2D eigenvalue weighted by molar-refractivity contribution is 5.70. The van der Waals surface area contributed by atoms with Gasteiger partial charge in [0.15, 0.2) is 0 Å². The first kappa shape index (κ1) is 14.3. The second kappa shape index (κ2) is 5.12. The van der Waals surface area contributed by atoms with Crippen LogP contribution < -0.4 is 0 Å². The van der Waals surface area contributed by atoms with Gasteiger partial charge < -0.3 is 5.11 Å². The second-order valence-electron chi connectivity index (χ2n) is 6.04. The molecule has 1 aromatic heterocycles. The van der Waals surface area contributed by atoms with Gasteiger partial charge in [-0.1, -0.05) is 45.0 Å². The highest BCUT2D eigenvalue weighted by Crippen LogP contribution is 2.25. The predicted octanol–water partition coefficient (Wildman–Crippen LogP) is 3.01. The lowest BCUT2D eigenvalue weighted by atomic mass is 9.86. The summed E-state index contributed by atoms with van der Waals surface area (Å²) in [7, 11) is 1.77. The van der Waals surface area contributed by atoms with E-state index in [-0.39, 0.29) is 11.8 Å². The smallest absolute Gasteiger partial charge is 0.309 e. The van der Waals surface area contributed by atoms with E-state index in [0.717, 1.165) is 11.3 Å². The molecule has 0 saturated heterocycles. The maximum atomic E-state index is 10.8. The molecule has 0 aliphatic heterocycles. The van der Waals surface area contributed by atoms with Crippen LogP contribution in [0, 0.1) is 0 Å². The summed E-state index contributed by atoms with van der Waals surface area (Å²) >= 11 is 0. The molecule has 4 nitrogen and oxygen atoms in total. The lowest BCUT2D eigenvalue weighted by molar-refractivity contribution is -0.136. The quantitative estimate of drug-likeness (QED) is 0.934. The van der Waals surface area contributed by atoms with Gasteiger partial charge in [-0.05, 0) is 17.0 Å². The van der Waals surface area contributed by atoms with Crippen LogP contribution in [-0.2, 0) is 23.7 Å². The molecule has 0 saturated carbocycles. The SMILES string of the molecule is Cn1nc(-c2ccc(C(C)(C)C)cc2)cc1CC(=O)O. The van der Waals surface area contributed by atoms with Gasteiger partial charge in [0.05, 0.1) is 12.1 Å². The first-order valence-electron chi connectivity index (χ1n) is 6.63. The van der Waals surface area contributed by atoms with Crippen LogP contribution in [0.5, 0.6) is 0 Å². The number of carboxylic acids is 1. The monoisotopic (exact) mass is 272 g/mol. The molecule has 1 aromatic carbocycles. The topological polar surface area (TPSA) is 55.1 Å². The van der Waals surface area contributed by atoms with Gasteiger partial charge in [-0.3, -0.25) is 9.48 Å². The average Bonchev–Trinajstić information content (AvgIpc) is 2.69. The number of aryl methyl sites for hydroxylation is 1. The number of aromatic nitrogens is 2. The molecule has 1 heterocycles. The molecule has 0 aliphatic carbocycles. The standard InChI is InChI=1S/C16H20N2O2/c1-16(2,3)12-7-5-11(6-8-12)14-9-13(10-15(19)20)18(4)17-14/h5-9H,10H2,1-4H3,(H,19,20). The van der Waals surface area contributed by atoms with E-state index in [4.69, 9.17) is 5.11 Å². The molecular weight excluding hydrogens is 252 g/mol. The molecule has 0 fully saturated rings. The number of benzene rings is 1. The highest BCUT2D eigenvalue weighted by atomic mass is 16.4. The Morgan fingerprint density at radius 2 is 1.85 bits per heavy atom. The summed E-state index contributed by atoms with van der Waals surface area (Å²) in [6, 6.07) is 10.1. The zero-order valence-electron chi connectivity index (χ0n) is 12.3. The molecule has 0 radical (unpaired) electrons. The number of rotatable bonds is 3. The van der Waals surface area contributed by atoms with Crippen molar-refractivity contribution in [1.82, 2.24) is 9.78 Å². The van der Waals surface area contributed by atoms with Crippen LogP contribution in [0.25, 0.3) is 11.3 Å². The Labute approximate surface area is 119 Å². The lowest BCUT2D eigenvalue weighted by Gasteiger charge is -2.18. The minimum Gasteiger partial charge on any atom is -0.481 e. The van der Waals surface area contributed by atoms with Crippen LogP contribution in [0.1, 0.15) is 32.0 Å². The summed E-state index contributed by atoms with van der Waals surface area (Å²) in [6.07, 6.45) is -0.0103. The van der Waals surface area contributed by atoms with Crippen LogP contribution in [0.4, 0.5) is 0 Å². The van der Waals surface area contributed by atoms with Gasteiger partial charge >= 0.3 is 5.97 Å². The number of carbonyl (C=O) groups is 1. The predicted molar refractivity (Wildman–Crippen MR) is 78.7 cm³/mol. The van der Waals surface area contributed by atoms with E-state index in [1.807, 2.05) is 18.2 Å².